The zero-order valence-electron chi connectivity index (χ0n) is 10.7. The molecule has 0 unspecified atom stereocenters. The van der Waals surface area contributed by atoms with Gasteiger partial charge in [-0.3, -0.25) is 4.79 Å². The van der Waals surface area contributed by atoms with Crippen LogP contribution in [0.1, 0.15) is 23.6 Å². The molecule has 0 bridgehead atoms. The molecule has 2 aromatic rings. The number of amides is 1. The van der Waals surface area contributed by atoms with Crippen LogP contribution in [0, 0.1) is 6.92 Å². The van der Waals surface area contributed by atoms with Crippen LogP contribution in [0.5, 0.6) is 5.75 Å². The molecule has 1 atom stereocenters. The molecule has 1 fully saturated rings. The predicted octanol–water partition coefficient (Wildman–Crippen LogP) is 3.18. The molecule has 0 aliphatic carbocycles. The highest BCUT2D eigenvalue weighted by atomic mass is 16.3. The third kappa shape index (κ3) is 2.08. The molecule has 2 aromatic carbocycles. The first-order chi connectivity index (χ1) is 9.15. The van der Waals surface area contributed by atoms with E-state index in [0.29, 0.717) is 6.42 Å². The van der Waals surface area contributed by atoms with Gasteiger partial charge in [-0.05, 0) is 36.8 Å². The lowest BCUT2D eigenvalue weighted by molar-refractivity contribution is -0.124. The van der Waals surface area contributed by atoms with Crippen LogP contribution < -0.4 is 4.90 Å². The molecule has 3 nitrogen and oxygen atoms in total. The monoisotopic (exact) mass is 253 g/mol. The van der Waals surface area contributed by atoms with Gasteiger partial charge in [-0.2, -0.15) is 0 Å². The Morgan fingerprint density at radius 2 is 1.68 bits per heavy atom. The SMILES string of the molecule is Cc1ccc(N2C(=O)C[C@H]2c2ccc(O)cc2)cc1. The van der Waals surface area contributed by atoms with E-state index in [-0.39, 0.29) is 17.7 Å². The van der Waals surface area contributed by atoms with E-state index in [9.17, 15) is 9.90 Å². The van der Waals surface area contributed by atoms with Crippen LogP contribution in [-0.4, -0.2) is 11.0 Å². The highest BCUT2D eigenvalue weighted by Gasteiger charge is 2.38. The second-order valence-electron chi connectivity index (χ2n) is 4.91. The van der Waals surface area contributed by atoms with E-state index in [0.717, 1.165) is 11.3 Å². The van der Waals surface area contributed by atoms with Crippen LogP contribution in [0.25, 0.3) is 0 Å². The van der Waals surface area contributed by atoms with Crippen LogP contribution in [0.3, 0.4) is 0 Å². The molecule has 3 heteroatoms. The Kier molecular flexibility index (Phi) is 2.75. The van der Waals surface area contributed by atoms with E-state index >= 15 is 0 Å². The molecule has 1 heterocycles. The average Bonchev–Trinajstić information content (AvgIpc) is 2.40. The van der Waals surface area contributed by atoms with Gasteiger partial charge in [0.25, 0.3) is 0 Å². The minimum atomic E-state index is 0.0795. The number of benzene rings is 2. The maximum atomic E-state index is 11.8. The van der Waals surface area contributed by atoms with Gasteiger partial charge in [-0.25, -0.2) is 0 Å². The molecule has 19 heavy (non-hydrogen) atoms. The van der Waals surface area contributed by atoms with E-state index in [1.165, 1.54) is 5.56 Å². The van der Waals surface area contributed by atoms with Gasteiger partial charge in [0.15, 0.2) is 0 Å². The quantitative estimate of drug-likeness (QED) is 0.835. The van der Waals surface area contributed by atoms with Gasteiger partial charge in [0, 0.05) is 5.69 Å². The van der Waals surface area contributed by atoms with Crippen molar-refractivity contribution < 1.29 is 9.90 Å². The fourth-order valence-corrected chi connectivity index (χ4v) is 2.41. The van der Waals surface area contributed by atoms with Gasteiger partial charge < -0.3 is 10.0 Å². The number of β-lactam (4-membered cyclic amide) rings is 1. The number of aromatic hydroxyl groups is 1. The third-order valence-electron chi connectivity index (χ3n) is 3.54. The van der Waals surface area contributed by atoms with Crippen LogP contribution in [0.15, 0.2) is 48.5 Å². The van der Waals surface area contributed by atoms with Crippen molar-refractivity contribution >= 4 is 11.6 Å². The summed E-state index contributed by atoms with van der Waals surface area (Å²) in [7, 11) is 0. The summed E-state index contributed by atoms with van der Waals surface area (Å²) >= 11 is 0. The summed E-state index contributed by atoms with van der Waals surface area (Å²) in [5.74, 6) is 0.387. The topological polar surface area (TPSA) is 40.5 Å². The largest absolute Gasteiger partial charge is 0.508 e. The van der Waals surface area contributed by atoms with Crippen molar-refractivity contribution in [3.63, 3.8) is 0 Å². The minimum absolute atomic E-state index is 0.0795. The van der Waals surface area contributed by atoms with E-state index in [1.54, 1.807) is 12.1 Å². The lowest BCUT2D eigenvalue weighted by Gasteiger charge is -2.40. The first-order valence-electron chi connectivity index (χ1n) is 6.33. The van der Waals surface area contributed by atoms with Crippen LogP contribution in [-0.2, 0) is 4.79 Å². The number of nitrogens with zero attached hydrogens (tertiary/aromatic N) is 1. The number of carbonyl (C=O) groups is 1. The Bertz CT molecular complexity index is 602. The van der Waals surface area contributed by atoms with E-state index < -0.39 is 0 Å². The summed E-state index contributed by atoms with van der Waals surface area (Å²) in [6.07, 6.45) is 0.526. The molecule has 0 saturated carbocycles. The van der Waals surface area contributed by atoms with E-state index in [2.05, 4.69) is 0 Å². The maximum absolute atomic E-state index is 11.8. The number of hydrogen-bond donors (Lipinski definition) is 1. The lowest BCUT2D eigenvalue weighted by Crippen LogP contribution is -2.46. The standard InChI is InChI=1S/C16H15NO2/c1-11-2-6-13(7-3-11)17-15(10-16(17)19)12-4-8-14(18)9-5-12/h2-9,15,18H,10H2,1H3/t15-/m0/s1. The van der Waals surface area contributed by atoms with E-state index in [1.807, 2.05) is 48.2 Å². The Hall–Kier alpha value is -2.29. The smallest absolute Gasteiger partial charge is 0.230 e. The summed E-state index contributed by atoms with van der Waals surface area (Å²) < 4.78 is 0. The number of phenolic OH excluding ortho intramolecular Hbond substituents is 1. The van der Waals surface area contributed by atoms with Crippen LogP contribution in [0.2, 0.25) is 0 Å². The van der Waals surface area contributed by atoms with Crippen molar-refractivity contribution in [2.45, 2.75) is 19.4 Å². The van der Waals surface area contributed by atoms with Crippen molar-refractivity contribution in [3.05, 3.63) is 59.7 Å². The number of aryl methyl sites for hydroxylation is 1. The van der Waals surface area contributed by atoms with Gasteiger partial charge >= 0.3 is 0 Å². The Labute approximate surface area is 112 Å². The molecule has 96 valence electrons. The second-order valence-corrected chi connectivity index (χ2v) is 4.91. The normalized spacial score (nSPS) is 18.3. The molecule has 3 rings (SSSR count). The van der Waals surface area contributed by atoms with Crippen molar-refractivity contribution in [2.75, 3.05) is 4.90 Å². The van der Waals surface area contributed by atoms with Crippen molar-refractivity contribution in [2.24, 2.45) is 0 Å². The number of carbonyl (C=O) groups excluding carboxylic acids is 1. The minimum Gasteiger partial charge on any atom is -0.508 e. The first-order valence-corrected chi connectivity index (χ1v) is 6.33. The third-order valence-corrected chi connectivity index (χ3v) is 3.54. The van der Waals surface area contributed by atoms with Crippen molar-refractivity contribution in [1.82, 2.24) is 0 Å². The maximum Gasteiger partial charge on any atom is 0.230 e. The molecular formula is C16H15NO2. The Morgan fingerprint density at radius 3 is 2.26 bits per heavy atom. The highest BCUT2D eigenvalue weighted by molar-refractivity contribution is 6.01. The summed E-state index contributed by atoms with van der Waals surface area (Å²) in [5, 5.41) is 9.31. The van der Waals surface area contributed by atoms with Crippen molar-refractivity contribution in [1.29, 1.82) is 0 Å². The summed E-state index contributed by atoms with van der Waals surface area (Å²) in [6.45, 7) is 2.03. The fourth-order valence-electron chi connectivity index (χ4n) is 2.41. The molecule has 1 aliphatic heterocycles. The van der Waals surface area contributed by atoms with Gasteiger partial charge in [0.05, 0.1) is 12.5 Å². The zero-order chi connectivity index (χ0) is 13.4. The van der Waals surface area contributed by atoms with Gasteiger partial charge in [-0.15, -0.1) is 0 Å². The lowest BCUT2D eigenvalue weighted by atomic mass is 9.93. The van der Waals surface area contributed by atoms with Crippen LogP contribution >= 0.6 is 0 Å². The van der Waals surface area contributed by atoms with E-state index in [4.69, 9.17) is 0 Å². The molecule has 0 aromatic heterocycles. The molecule has 1 amide bonds. The average molecular weight is 253 g/mol. The number of anilines is 1. The first kappa shape index (κ1) is 11.8. The number of rotatable bonds is 2. The second kappa shape index (κ2) is 4.43. The summed E-state index contributed by atoms with van der Waals surface area (Å²) in [6, 6.07) is 15.1. The Balaban J connectivity index is 1.90. The zero-order valence-corrected chi connectivity index (χ0v) is 10.7. The van der Waals surface area contributed by atoms with Gasteiger partial charge in [0.2, 0.25) is 5.91 Å². The molecule has 0 radical (unpaired) electrons. The molecule has 1 N–H and O–H groups in total. The summed E-state index contributed by atoms with van der Waals surface area (Å²) in [5.41, 5.74) is 3.16. The number of hydrogen-bond acceptors (Lipinski definition) is 2. The molecule has 1 aliphatic rings. The fraction of sp³-hybridized carbons (Fsp3) is 0.188. The van der Waals surface area contributed by atoms with Gasteiger partial charge in [0.1, 0.15) is 5.75 Å². The molecule has 0 spiro atoms. The summed E-state index contributed by atoms with van der Waals surface area (Å²) in [4.78, 5) is 13.7. The Morgan fingerprint density at radius 1 is 1.05 bits per heavy atom. The number of phenols is 1. The predicted molar refractivity (Wildman–Crippen MR) is 74.1 cm³/mol. The van der Waals surface area contributed by atoms with Crippen molar-refractivity contribution in [3.8, 4) is 5.75 Å². The van der Waals surface area contributed by atoms with Gasteiger partial charge in [-0.1, -0.05) is 29.8 Å². The van der Waals surface area contributed by atoms with Crippen LogP contribution in [0.4, 0.5) is 5.69 Å². The highest BCUT2D eigenvalue weighted by Crippen LogP contribution is 2.39. The molecule has 1 saturated heterocycles. The molecular weight excluding hydrogens is 238 g/mol.